The van der Waals surface area contributed by atoms with Gasteiger partial charge in [-0.25, -0.2) is 18.6 Å². The molecule has 0 spiro atoms. The monoisotopic (exact) mass is 571 g/mol. The van der Waals surface area contributed by atoms with Gasteiger partial charge in [0, 0.05) is 32.2 Å². The third-order valence-electron chi connectivity index (χ3n) is 7.49. The standard InChI is InChI=1S/C29H39F2N7O3/c1-29(2,3)41-28(39)33-18-20-10-8-19(9-11-20)17-32-27-35-23(37-12-14-40-15-13-37)16-24(36-27)38-22-7-5-4-6-21(22)34-26(38)25(30)31/h4-7,16,19-20,25H,8-15,17-18H2,1-3H3,(H,33,39)(H,32,35,36). The Morgan fingerprint density at radius 1 is 1.02 bits per heavy atom. The summed E-state index contributed by atoms with van der Waals surface area (Å²) in [5.74, 6) is 1.89. The maximum Gasteiger partial charge on any atom is 0.407 e. The Morgan fingerprint density at radius 3 is 2.37 bits per heavy atom. The summed E-state index contributed by atoms with van der Waals surface area (Å²) in [7, 11) is 0. The lowest BCUT2D eigenvalue weighted by Crippen LogP contribution is -2.37. The van der Waals surface area contributed by atoms with Crippen LogP contribution in [0.4, 0.5) is 25.3 Å². The van der Waals surface area contributed by atoms with Crippen molar-refractivity contribution < 1.29 is 23.0 Å². The number of ether oxygens (including phenoxy) is 2. The van der Waals surface area contributed by atoms with E-state index in [2.05, 4.69) is 25.5 Å². The predicted molar refractivity (Wildman–Crippen MR) is 153 cm³/mol. The number of benzene rings is 1. The number of para-hydroxylation sites is 2. The fraction of sp³-hybridized carbons (Fsp3) is 0.586. The Labute approximate surface area is 238 Å². The van der Waals surface area contributed by atoms with Crippen LogP contribution in [0.2, 0.25) is 0 Å². The zero-order chi connectivity index (χ0) is 29.0. The van der Waals surface area contributed by atoms with E-state index in [0.717, 1.165) is 25.7 Å². The number of nitrogens with zero attached hydrogens (tertiary/aromatic N) is 5. The maximum atomic E-state index is 14.1. The molecule has 222 valence electrons. The van der Waals surface area contributed by atoms with E-state index < -0.39 is 12.0 Å². The quantitative estimate of drug-likeness (QED) is 0.374. The van der Waals surface area contributed by atoms with Gasteiger partial charge >= 0.3 is 6.09 Å². The molecule has 10 nitrogen and oxygen atoms in total. The number of alkyl carbamates (subject to hydrolysis) is 1. The van der Waals surface area contributed by atoms with E-state index in [4.69, 9.17) is 14.5 Å². The van der Waals surface area contributed by atoms with Gasteiger partial charge in [-0.1, -0.05) is 12.1 Å². The van der Waals surface area contributed by atoms with Gasteiger partial charge in [0.15, 0.2) is 5.82 Å². The third kappa shape index (κ3) is 7.41. The molecule has 1 aliphatic carbocycles. The number of carbonyl (C=O) groups excluding carboxylic acids is 1. The average molecular weight is 572 g/mol. The highest BCUT2D eigenvalue weighted by Gasteiger charge is 2.25. The van der Waals surface area contributed by atoms with E-state index in [1.54, 1.807) is 30.3 Å². The first-order chi connectivity index (χ1) is 19.7. The minimum atomic E-state index is -2.76. The average Bonchev–Trinajstić information content (AvgIpc) is 3.35. The maximum absolute atomic E-state index is 14.1. The topological polar surface area (TPSA) is 106 Å². The van der Waals surface area contributed by atoms with Crippen LogP contribution in [-0.2, 0) is 9.47 Å². The number of hydrogen-bond donors (Lipinski definition) is 2. The summed E-state index contributed by atoms with van der Waals surface area (Å²) in [4.78, 5) is 27.7. The van der Waals surface area contributed by atoms with Crippen molar-refractivity contribution in [3.63, 3.8) is 0 Å². The zero-order valence-electron chi connectivity index (χ0n) is 23.9. The van der Waals surface area contributed by atoms with Crippen LogP contribution in [0.5, 0.6) is 0 Å². The third-order valence-corrected chi connectivity index (χ3v) is 7.49. The lowest BCUT2D eigenvalue weighted by molar-refractivity contribution is 0.0513. The van der Waals surface area contributed by atoms with Crippen LogP contribution in [0, 0.1) is 11.8 Å². The van der Waals surface area contributed by atoms with Gasteiger partial charge in [0.2, 0.25) is 5.95 Å². The van der Waals surface area contributed by atoms with Gasteiger partial charge in [-0.15, -0.1) is 0 Å². The molecule has 1 saturated heterocycles. The second-order valence-electron chi connectivity index (χ2n) is 11.8. The molecule has 3 heterocycles. The van der Waals surface area contributed by atoms with Crippen molar-refractivity contribution in [1.82, 2.24) is 24.8 Å². The first-order valence-corrected chi connectivity index (χ1v) is 14.3. The Morgan fingerprint density at radius 2 is 1.68 bits per heavy atom. The van der Waals surface area contributed by atoms with Gasteiger partial charge in [-0.3, -0.25) is 4.57 Å². The van der Waals surface area contributed by atoms with E-state index in [0.29, 0.717) is 79.8 Å². The number of halogens is 2. The Kier molecular flexibility index (Phi) is 8.86. The first kappa shape index (κ1) is 29.0. The number of carbonyl (C=O) groups is 1. The number of imidazole rings is 1. The van der Waals surface area contributed by atoms with Crippen LogP contribution < -0.4 is 15.5 Å². The highest BCUT2D eigenvalue weighted by atomic mass is 19.3. The molecule has 12 heteroatoms. The van der Waals surface area contributed by atoms with Crippen LogP contribution in [-0.4, -0.2) is 70.6 Å². The van der Waals surface area contributed by atoms with E-state index in [1.165, 1.54) is 4.57 Å². The lowest BCUT2D eigenvalue weighted by Gasteiger charge is -2.30. The van der Waals surface area contributed by atoms with Gasteiger partial charge in [-0.2, -0.15) is 9.97 Å². The number of morpholine rings is 1. The van der Waals surface area contributed by atoms with Crippen LogP contribution in [0.15, 0.2) is 30.3 Å². The molecule has 2 aromatic heterocycles. The Bertz CT molecular complexity index is 1330. The van der Waals surface area contributed by atoms with Crippen LogP contribution in [0.25, 0.3) is 16.9 Å². The molecular formula is C29H39F2N7O3. The number of amides is 1. The highest BCUT2D eigenvalue weighted by Crippen LogP contribution is 2.31. The number of rotatable bonds is 8. The molecule has 2 fully saturated rings. The second-order valence-corrected chi connectivity index (χ2v) is 11.8. The van der Waals surface area contributed by atoms with E-state index in [9.17, 15) is 13.6 Å². The minimum Gasteiger partial charge on any atom is -0.444 e. The van der Waals surface area contributed by atoms with Gasteiger partial charge in [0.1, 0.15) is 17.2 Å². The van der Waals surface area contributed by atoms with Gasteiger partial charge in [0.05, 0.1) is 24.2 Å². The SMILES string of the molecule is CC(C)(C)OC(=O)NCC1CCC(CNc2nc(N3CCOCC3)cc(-n3c(C(F)F)nc4ccccc43)n2)CC1. The van der Waals surface area contributed by atoms with Crippen molar-refractivity contribution in [3.05, 3.63) is 36.2 Å². The second kappa shape index (κ2) is 12.5. The van der Waals surface area contributed by atoms with Crippen molar-refractivity contribution in [2.45, 2.75) is 58.5 Å². The summed E-state index contributed by atoms with van der Waals surface area (Å²) in [6.45, 7) is 9.29. The fourth-order valence-corrected chi connectivity index (χ4v) is 5.42. The van der Waals surface area contributed by atoms with Crippen LogP contribution in [0.1, 0.15) is 58.7 Å². The van der Waals surface area contributed by atoms with Gasteiger partial charge in [-0.05, 0) is 70.4 Å². The molecule has 3 aromatic rings. The lowest BCUT2D eigenvalue weighted by atomic mass is 9.82. The summed E-state index contributed by atoms with van der Waals surface area (Å²) in [6.07, 6.45) is 0.869. The minimum absolute atomic E-state index is 0.345. The molecule has 1 aromatic carbocycles. The van der Waals surface area contributed by atoms with E-state index in [-0.39, 0.29) is 11.9 Å². The summed E-state index contributed by atoms with van der Waals surface area (Å²) >= 11 is 0. The molecule has 1 amide bonds. The van der Waals surface area contributed by atoms with Crippen molar-refractivity contribution in [2.75, 3.05) is 49.6 Å². The van der Waals surface area contributed by atoms with Gasteiger partial charge < -0.3 is 25.0 Å². The summed E-state index contributed by atoms with van der Waals surface area (Å²) in [5.41, 5.74) is 0.542. The van der Waals surface area contributed by atoms with Crippen molar-refractivity contribution in [3.8, 4) is 5.82 Å². The fourth-order valence-electron chi connectivity index (χ4n) is 5.42. The molecule has 5 rings (SSSR count). The van der Waals surface area contributed by atoms with Crippen molar-refractivity contribution in [1.29, 1.82) is 0 Å². The summed E-state index contributed by atoms with van der Waals surface area (Å²) < 4.78 is 40.5. The Balaban J connectivity index is 1.29. The molecule has 0 atom stereocenters. The molecule has 41 heavy (non-hydrogen) atoms. The largest absolute Gasteiger partial charge is 0.444 e. The normalized spacial score (nSPS) is 19.9. The molecule has 2 aliphatic rings. The molecule has 1 saturated carbocycles. The summed E-state index contributed by atoms with van der Waals surface area (Å²) in [5, 5.41) is 6.29. The number of anilines is 2. The first-order valence-electron chi connectivity index (χ1n) is 14.3. The van der Waals surface area contributed by atoms with Crippen LogP contribution in [0.3, 0.4) is 0 Å². The molecule has 1 aliphatic heterocycles. The molecule has 0 radical (unpaired) electrons. The van der Waals surface area contributed by atoms with Crippen molar-refractivity contribution in [2.24, 2.45) is 11.8 Å². The summed E-state index contributed by atoms with van der Waals surface area (Å²) in [6, 6.07) is 8.83. The molecular weight excluding hydrogens is 532 g/mol. The number of nitrogens with one attached hydrogen (secondary N) is 2. The van der Waals surface area contributed by atoms with E-state index in [1.807, 2.05) is 20.8 Å². The Hall–Kier alpha value is -3.54. The number of fused-ring (bicyclic) bond motifs is 1. The smallest absolute Gasteiger partial charge is 0.407 e. The number of alkyl halides is 2. The number of aromatic nitrogens is 4. The van der Waals surface area contributed by atoms with E-state index >= 15 is 0 Å². The molecule has 2 N–H and O–H groups in total. The van der Waals surface area contributed by atoms with Crippen LogP contribution >= 0.6 is 0 Å². The zero-order valence-corrected chi connectivity index (χ0v) is 23.9. The predicted octanol–water partition coefficient (Wildman–Crippen LogP) is 5.33. The highest BCUT2D eigenvalue weighted by molar-refractivity contribution is 5.78. The molecule has 0 bridgehead atoms. The van der Waals surface area contributed by atoms with Gasteiger partial charge in [0.25, 0.3) is 6.43 Å². The number of hydrogen-bond acceptors (Lipinski definition) is 8. The van der Waals surface area contributed by atoms with Crippen molar-refractivity contribution >= 4 is 28.9 Å². The molecule has 0 unspecified atom stereocenters.